The van der Waals surface area contributed by atoms with Crippen molar-refractivity contribution >= 4 is 29.4 Å². The molecule has 1 aromatic carbocycles. The molecule has 2 aromatic rings. The molecule has 2 heterocycles. The van der Waals surface area contributed by atoms with E-state index in [1.54, 1.807) is 19.1 Å². The Hall–Kier alpha value is -3.52. The lowest BCUT2D eigenvalue weighted by molar-refractivity contribution is -0.221. The number of carbonyl (C=O) groups excluding carboxylic acids is 1. The van der Waals surface area contributed by atoms with Crippen LogP contribution in [0.5, 0.6) is 0 Å². The molecule has 0 spiro atoms. The largest absolute Gasteiger partial charge is 0.479 e. The van der Waals surface area contributed by atoms with Crippen molar-refractivity contribution in [3.05, 3.63) is 47.8 Å². The summed E-state index contributed by atoms with van der Waals surface area (Å²) in [6.07, 6.45) is -9.52. The summed E-state index contributed by atoms with van der Waals surface area (Å²) in [5.41, 5.74) is 0.868. The van der Waals surface area contributed by atoms with Gasteiger partial charge in [-0.15, -0.1) is 0 Å². The Bertz CT molecular complexity index is 1010. The molecular formula is C21H25FN4O8. The number of carboxylic acids is 1. The van der Waals surface area contributed by atoms with Crippen LogP contribution >= 0.6 is 0 Å². The molecule has 1 aliphatic rings. The third-order valence-electron chi connectivity index (χ3n) is 4.93. The van der Waals surface area contributed by atoms with E-state index in [0.717, 1.165) is 5.56 Å². The van der Waals surface area contributed by atoms with Crippen molar-refractivity contribution in [2.45, 2.75) is 44.1 Å². The number of benzene rings is 1. The standard InChI is InChI=1S/C21H25FN4O8/c1-2-33-21(32)24-12-7-8-13(23-9-10-3-5-11(22)6-4-10)25-18(12)26-19-16(29)14(27)15(28)17(34-19)20(30)31/h3-8,14-17,19,27-29H,2,9H2,1H3,(H,24,32)(H,30,31)(H2,23,25,26)/t14?,15-,16?,17?,19-/m1/s1. The molecule has 0 saturated carbocycles. The van der Waals surface area contributed by atoms with Gasteiger partial charge >= 0.3 is 12.1 Å². The average Bonchev–Trinajstić information content (AvgIpc) is 2.80. The summed E-state index contributed by atoms with van der Waals surface area (Å²) in [6.45, 7) is 2.00. The van der Waals surface area contributed by atoms with Gasteiger partial charge in [0.15, 0.2) is 18.1 Å². The summed E-state index contributed by atoms with van der Waals surface area (Å²) < 4.78 is 23.2. The Morgan fingerprint density at radius 2 is 1.79 bits per heavy atom. The first-order valence-corrected chi connectivity index (χ1v) is 10.3. The number of carbonyl (C=O) groups is 2. The number of aliphatic carboxylic acids is 1. The summed E-state index contributed by atoms with van der Waals surface area (Å²) >= 11 is 0. The third-order valence-corrected chi connectivity index (χ3v) is 4.93. The van der Waals surface area contributed by atoms with Crippen LogP contribution in [-0.2, 0) is 20.8 Å². The normalized spacial score (nSPS) is 24.2. The zero-order valence-corrected chi connectivity index (χ0v) is 18.0. The number of carboxylic acid groups (broad SMARTS) is 1. The fraction of sp³-hybridized carbons (Fsp3) is 0.381. The lowest BCUT2D eigenvalue weighted by atomic mass is 9.98. The van der Waals surface area contributed by atoms with Gasteiger partial charge in [0, 0.05) is 6.54 Å². The minimum Gasteiger partial charge on any atom is -0.479 e. The maximum absolute atomic E-state index is 13.1. The first-order valence-electron chi connectivity index (χ1n) is 10.3. The number of pyridine rings is 1. The average molecular weight is 480 g/mol. The molecule has 5 atom stereocenters. The van der Waals surface area contributed by atoms with Crippen LogP contribution in [0.4, 0.5) is 26.5 Å². The van der Waals surface area contributed by atoms with E-state index in [2.05, 4.69) is 20.9 Å². The Kier molecular flexibility index (Phi) is 8.17. The molecule has 7 N–H and O–H groups in total. The van der Waals surface area contributed by atoms with Crippen molar-refractivity contribution in [3.63, 3.8) is 0 Å². The molecule has 1 fully saturated rings. The highest BCUT2D eigenvalue weighted by atomic mass is 19.1. The predicted molar refractivity (Wildman–Crippen MR) is 117 cm³/mol. The Labute approximate surface area is 193 Å². The lowest BCUT2D eigenvalue weighted by Crippen LogP contribution is -2.61. The van der Waals surface area contributed by atoms with Crippen molar-refractivity contribution < 1.29 is 43.9 Å². The van der Waals surface area contributed by atoms with E-state index in [0.29, 0.717) is 5.82 Å². The van der Waals surface area contributed by atoms with Gasteiger partial charge in [0.1, 0.15) is 29.9 Å². The molecule has 3 rings (SSSR count). The summed E-state index contributed by atoms with van der Waals surface area (Å²) in [5, 5.41) is 47.6. The van der Waals surface area contributed by atoms with E-state index in [9.17, 15) is 34.4 Å². The minimum atomic E-state index is -1.86. The number of aliphatic hydroxyl groups is 3. The monoisotopic (exact) mass is 480 g/mol. The summed E-state index contributed by atoms with van der Waals surface area (Å²) in [4.78, 5) is 27.6. The fourth-order valence-corrected chi connectivity index (χ4v) is 3.18. The fourth-order valence-electron chi connectivity index (χ4n) is 3.18. The first-order chi connectivity index (χ1) is 16.2. The van der Waals surface area contributed by atoms with Gasteiger partial charge in [-0.25, -0.2) is 19.0 Å². The number of halogens is 1. The van der Waals surface area contributed by atoms with Gasteiger partial charge in [0.2, 0.25) is 0 Å². The predicted octanol–water partition coefficient (Wildman–Crippen LogP) is 0.705. The van der Waals surface area contributed by atoms with Crippen LogP contribution in [0, 0.1) is 5.82 Å². The molecule has 1 amide bonds. The SMILES string of the molecule is CCOC(=O)Nc1ccc(NCc2ccc(F)cc2)nc1N[C@@H]1OC(C(=O)O)[C@H](O)C(O)C1O. The van der Waals surface area contributed by atoms with Gasteiger partial charge in [0.25, 0.3) is 0 Å². The van der Waals surface area contributed by atoms with E-state index < -0.39 is 42.7 Å². The Morgan fingerprint density at radius 3 is 2.44 bits per heavy atom. The summed E-state index contributed by atoms with van der Waals surface area (Å²) in [7, 11) is 0. The molecular weight excluding hydrogens is 455 g/mol. The number of hydrogen-bond donors (Lipinski definition) is 7. The van der Waals surface area contributed by atoms with E-state index in [4.69, 9.17) is 9.47 Å². The van der Waals surface area contributed by atoms with Crippen molar-refractivity contribution in [2.24, 2.45) is 0 Å². The second-order valence-electron chi connectivity index (χ2n) is 7.35. The number of ether oxygens (including phenoxy) is 2. The highest BCUT2D eigenvalue weighted by Gasteiger charge is 2.47. The van der Waals surface area contributed by atoms with Gasteiger partial charge in [0.05, 0.1) is 12.3 Å². The number of nitrogens with one attached hydrogen (secondary N) is 3. The zero-order valence-electron chi connectivity index (χ0n) is 18.0. The molecule has 34 heavy (non-hydrogen) atoms. The van der Waals surface area contributed by atoms with Crippen molar-refractivity contribution in [1.29, 1.82) is 0 Å². The second-order valence-corrected chi connectivity index (χ2v) is 7.35. The molecule has 0 radical (unpaired) electrons. The van der Waals surface area contributed by atoms with Crippen LogP contribution < -0.4 is 16.0 Å². The van der Waals surface area contributed by atoms with Crippen LogP contribution in [0.2, 0.25) is 0 Å². The number of anilines is 3. The molecule has 0 aliphatic carbocycles. The van der Waals surface area contributed by atoms with Gasteiger partial charge in [-0.05, 0) is 36.8 Å². The zero-order chi connectivity index (χ0) is 24.8. The van der Waals surface area contributed by atoms with Crippen molar-refractivity contribution in [3.8, 4) is 0 Å². The Balaban J connectivity index is 1.83. The third kappa shape index (κ3) is 6.08. The lowest BCUT2D eigenvalue weighted by Gasteiger charge is -2.39. The van der Waals surface area contributed by atoms with Crippen LogP contribution in [0.3, 0.4) is 0 Å². The molecule has 3 unspecified atom stereocenters. The van der Waals surface area contributed by atoms with Crippen molar-refractivity contribution in [1.82, 2.24) is 4.98 Å². The highest BCUT2D eigenvalue weighted by molar-refractivity contribution is 5.89. The van der Waals surface area contributed by atoms with Crippen LogP contribution in [0.1, 0.15) is 12.5 Å². The number of amides is 1. The number of nitrogens with zero attached hydrogens (tertiary/aromatic N) is 1. The molecule has 0 bridgehead atoms. The number of aliphatic hydroxyl groups excluding tert-OH is 3. The van der Waals surface area contributed by atoms with Gasteiger partial charge in [-0.1, -0.05) is 12.1 Å². The van der Waals surface area contributed by atoms with Crippen LogP contribution in [-0.4, -0.2) is 74.7 Å². The Morgan fingerprint density at radius 1 is 1.09 bits per heavy atom. The second kappa shape index (κ2) is 11.1. The molecule has 1 aliphatic heterocycles. The van der Waals surface area contributed by atoms with E-state index >= 15 is 0 Å². The van der Waals surface area contributed by atoms with Gasteiger partial charge in [-0.2, -0.15) is 0 Å². The molecule has 1 aromatic heterocycles. The van der Waals surface area contributed by atoms with Crippen LogP contribution in [0.25, 0.3) is 0 Å². The topological polar surface area (TPSA) is 182 Å². The van der Waals surface area contributed by atoms with Gasteiger partial charge in [-0.3, -0.25) is 5.32 Å². The van der Waals surface area contributed by atoms with E-state index in [-0.39, 0.29) is 30.5 Å². The number of hydrogen-bond acceptors (Lipinski definition) is 10. The molecule has 13 heteroatoms. The molecule has 184 valence electrons. The van der Waals surface area contributed by atoms with Gasteiger partial charge < -0.3 is 40.5 Å². The van der Waals surface area contributed by atoms with Crippen molar-refractivity contribution in [2.75, 3.05) is 22.6 Å². The highest BCUT2D eigenvalue weighted by Crippen LogP contribution is 2.28. The summed E-state index contributed by atoms with van der Waals surface area (Å²) in [6, 6.07) is 8.79. The maximum Gasteiger partial charge on any atom is 0.411 e. The molecule has 1 saturated heterocycles. The number of rotatable bonds is 8. The van der Waals surface area contributed by atoms with E-state index in [1.165, 1.54) is 24.3 Å². The van der Waals surface area contributed by atoms with E-state index in [1.807, 2.05) is 0 Å². The first kappa shape index (κ1) is 25.1. The smallest absolute Gasteiger partial charge is 0.411 e. The minimum absolute atomic E-state index is 0.0473. The quantitative estimate of drug-likeness (QED) is 0.282. The molecule has 12 nitrogen and oxygen atoms in total. The summed E-state index contributed by atoms with van der Waals surface area (Å²) in [5.74, 6) is -1.66. The number of aromatic nitrogens is 1. The van der Waals surface area contributed by atoms with Crippen LogP contribution in [0.15, 0.2) is 36.4 Å². The maximum atomic E-state index is 13.1.